The number of carbonyl (C=O) groups excluding carboxylic acids is 1. The van der Waals surface area contributed by atoms with Crippen LogP contribution in [0.25, 0.3) is 0 Å². The van der Waals surface area contributed by atoms with Crippen molar-refractivity contribution in [2.24, 2.45) is 17.3 Å². The van der Waals surface area contributed by atoms with E-state index >= 15 is 0 Å². The van der Waals surface area contributed by atoms with Gasteiger partial charge in [-0.25, -0.2) is 8.78 Å². The highest BCUT2D eigenvalue weighted by Crippen LogP contribution is 2.49. The summed E-state index contributed by atoms with van der Waals surface area (Å²) in [4.78, 5) is 12.0. The van der Waals surface area contributed by atoms with Crippen molar-refractivity contribution in [2.45, 2.75) is 58.3 Å². The molecule has 0 aromatic heterocycles. The second-order valence-electron chi connectivity index (χ2n) is 6.51. The van der Waals surface area contributed by atoms with Crippen LogP contribution in [0.5, 0.6) is 0 Å². The van der Waals surface area contributed by atoms with Crippen molar-refractivity contribution in [2.75, 3.05) is 6.61 Å². The molecule has 2 nitrogen and oxygen atoms in total. The zero-order valence-corrected chi connectivity index (χ0v) is 11.2. The predicted octanol–water partition coefficient (Wildman–Crippen LogP) is 3.79. The first-order chi connectivity index (χ1) is 8.28. The van der Waals surface area contributed by atoms with E-state index in [1.165, 1.54) is 25.7 Å². The lowest BCUT2D eigenvalue weighted by Crippen LogP contribution is -2.41. The third kappa shape index (κ3) is 3.21. The fourth-order valence-corrected chi connectivity index (χ4v) is 3.66. The molecule has 2 aliphatic rings. The predicted molar refractivity (Wildman–Crippen MR) is 64.4 cm³/mol. The number of hydrogen-bond acceptors (Lipinski definition) is 2. The van der Waals surface area contributed by atoms with Crippen LogP contribution in [0.3, 0.4) is 0 Å². The average Bonchev–Trinajstić information content (AvgIpc) is 2.24. The maximum atomic E-state index is 12.7. The van der Waals surface area contributed by atoms with Crippen molar-refractivity contribution in [1.82, 2.24) is 0 Å². The van der Waals surface area contributed by atoms with Gasteiger partial charge in [-0.2, -0.15) is 0 Å². The Hall–Kier alpha value is -0.670. The molecule has 18 heavy (non-hydrogen) atoms. The van der Waals surface area contributed by atoms with Crippen LogP contribution >= 0.6 is 0 Å². The number of rotatable bonds is 3. The standard InChI is InChI=1S/C14H22F2O2/c1-13(12(17)18-9-14(2,15)16)7-10-4-3-5-11(6-10)8-13/h10-11H,3-9H2,1-2H3. The normalized spacial score (nSPS) is 36.2. The third-order valence-electron chi connectivity index (χ3n) is 4.32. The van der Waals surface area contributed by atoms with Crippen LogP contribution in [0.4, 0.5) is 8.78 Å². The van der Waals surface area contributed by atoms with E-state index < -0.39 is 23.9 Å². The van der Waals surface area contributed by atoms with Gasteiger partial charge in [-0.05, 0) is 38.0 Å². The molecule has 0 amide bonds. The Morgan fingerprint density at radius 2 is 1.89 bits per heavy atom. The molecule has 4 heteroatoms. The van der Waals surface area contributed by atoms with Crippen molar-refractivity contribution in [1.29, 1.82) is 0 Å². The van der Waals surface area contributed by atoms with Crippen LogP contribution in [0.15, 0.2) is 0 Å². The number of ether oxygens (including phenoxy) is 1. The summed E-state index contributed by atoms with van der Waals surface area (Å²) in [6.07, 6.45) is 6.39. The number of carbonyl (C=O) groups is 1. The van der Waals surface area contributed by atoms with Gasteiger partial charge in [0, 0.05) is 6.92 Å². The Kier molecular flexibility index (Phi) is 3.65. The van der Waals surface area contributed by atoms with Crippen LogP contribution in [-0.4, -0.2) is 18.5 Å². The number of esters is 1. The molecule has 104 valence electrons. The summed E-state index contributed by atoms with van der Waals surface area (Å²) in [5, 5.41) is 0. The fourth-order valence-electron chi connectivity index (χ4n) is 3.66. The second kappa shape index (κ2) is 4.78. The summed E-state index contributed by atoms with van der Waals surface area (Å²) >= 11 is 0. The smallest absolute Gasteiger partial charge is 0.312 e. The number of hydrogen-bond donors (Lipinski definition) is 0. The molecule has 2 rings (SSSR count). The van der Waals surface area contributed by atoms with Gasteiger partial charge in [0.15, 0.2) is 6.61 Å². The van der Waals surface area contributed by atoms with Crippen LogP contribution in [0, 0.1) is 17.3 Å². The summed E-state index contributed by atoms with van der Waals surface area (Å²) < 4.78 is 30.3. The number of halogens is 2. The van der Waals surface area contributed by atoms with E-state index in [-0.39, 0.29) is 0 Å². The molecule has 2 unspecified atom stereocenters. The highest BCUT2D eigenvalue weighted by atomic mass is 19.3. The summed E-state index contributed by atoms with van der Waals surface area (Å²) in [6, 6.07) is 0. The Bertz CT molecular complexity index is 310. The van der Waals surface area contributed by atoms with Gasteiger partial charge < -0.3 is 4.74 Å². The lowest BCUT2D eigenvalue weighted by molar-refractivity contribution is -0.169. The van der Waals surface area contributed by atoms with E-state index in [1.54, 1.807) is 0 Å². The van der Waals surface area contributed by atoms with Gasteiger partial charge in [-0.3, -0.25) is 4.79 Å². The topological polar surface area (TPSA) is 26.3 Å². The SMILES string of the molecule is CC(F)(F)COC(=O)C1(C)CC2CCCC(C2)C1. The molecule has 2 fully saturated rings. The summed E-state index contributed by atoms with van der Waals surface area (Å²) in [5.74, 6) is -2.20. The van der Waals surface area contributed by atoms with E-state index in [2.05, 4.69) is 0 Å². The van der Waals surface area contributed by atoms with Gasteiger partial charge in [0.25, 0.3) is 5.92 Å². The van der Waals surface area contributed by atoms with E-state index in [0.717, 1.165) is 19.8 Å². The van der Waals surface area contributed by atoms with Gasteiger partial charge in [-0.15, -0.1) is 0 Å². The molecular formula is C14H22F2O2. The largest absolute Gasteiger partial charge is 0.459 e. The summed E-state index contributed by atoms with van der Waals surface area (Å²) in [7, 11) is 0. The van der Waals surface area contributed by atoms with Crippen LogP contribution in [-0.2, 0) is 9.53 Å². The monoisotopic (exact) mass is 260 g/mol. The van der Waals surface area contributed by atoms with Crippen LogP contribution < -0.4 is 0 Å². The molecule has 0 saturated heterocycles. The Morgan fingerprint density at radius 1 is 1.33 bits per heavy atom. The van der Waals surface area contributed by atoms with E-state index in [0.29, 0.717) is 11.8 Å². The highest BCUT2D eigenvalue weighted by molar-refractivity contribution is 5.76. The lowest BCUT2D eigenvalue weighted by atomic mass is 9.61. The summed E-state index contributed by atoms with van der Waals surface area (Å²) in [6.45, 7) is 1.86. The minimum Gasteiger partial charge on any atom is -0.459 e. The molecule has 0 aromatic rings. The minimum absolute atomic E-state index is 0.430. The van der Waals surface area contributed by atoms with Gasteiger partial charge in [-0.1, -0.05) is 19.3 Å². The third-order valence-corrected chi connectivity index (χ3v) is 4.32. The maximum Gasteiger partial charge on any atom is 0.312 e. The van der Waals surface area contributed by atoms with Gasteiger partial charge in [0.1, 0.15) is 0 Å². The van der Waals surface area contributed by atoms with E-state index in [4.69, 9.17) is 4.74 Å². The van der Waals surface area contributed by atoms with Crippen molar-refractivity contribution >= 4 is 5.97 Å². The van der Waals surface area contributed by atoms with Crippen LogP contribution in [0.1, 0.15) is 52.4 Å². The molecule has 0 heterocycles. The molecule has 0 N–H and O–H groups in total. The van der Waals surface area contributed by atoms with Gasteiger partial charge in [0.05, 0.1) is 5.41 Å². The second-order valence-corrected chi connectivity index (χ2v) is 6.51. The van der Waals surface area contributed by atoms with Crippen molar-refractivity contribution in [3.05, 3.63) is 0 Å². The highest BCUT2D eigenvalue weighted by Gasteiger charge is 2.45. The molecule has 0 aromatic carbocycles. The lowest BCUT2D eigenvalue weighted by Gasteiger charge is -2.43. The van der Waals surface area contributed by atoms with Crippen molar-refractivity contribution in [3.8, 4) is 0 Å². The van der Waals surface area contributed by atoms with Crippen molar-refractivity contribution < 1.29 is 18.3 Å². The zero-order chi connectivity index (χ0) is 13.4. The molecule has 2 aliphatic carbocycles. The Balaban J connectivity index is 1.96. The number of fused-ring (bicyclic) bond motifs is 2. The van der Waals surface area contributed by atoms with E-state index in [1.807, 2.05) is 6.92 Å². The molecular weight excluding hydrogens is 238 g/mol. The molecule has 2 bridgehead atoms. The first kappa shape index (κ1) is 13.8. The van der Waals surface area contributed by atoms with Crippen molar-refractivity contribution in [3.63, 3.8) is 0 Å². The summed E-state index contributed by atoms with van der Waals surface area (Å²) in [5.41, 5.74) is -0.542. The van der Waals surface area contributed by atoms with Crippen LogP contribution in [0.2, 0.25) is 0 Å². The van der Waals surface area contributed by atoms with Gasteiger partial charge >= 0.3 is 5.97 Å². The maximum absolute atomic E-state index is 12.7. The molecule has 0 aliphatic heterocycles. The first-order valence-corrected chi connectivity index (χ1v) is 6.84. The number of alkyl halides is 2. The van der Waals surface area contributed by atoms with E-state index in [9.17, 15) is 13.6 Å². The fraction of sp³-hybridized carbons (Fsp3) is 0.929. The first-order valence-electron chi connectivity index (χ1n) is 6.84. The van der Waals surface area contributed by atoms with Gasteiger partial charge in [0.2, 0.25) is 0 Å². The Morgan fingerprint density at radius 3 is 2.39 bits per heavy atom. The molecule has 2 atom stereocenters. The molecule has 0 spiro atoms. The zero-order valence-electron chi connectivity index (χ0n) is 11.2. The average molecular weight is 260 g/mol. The molecule has 0 radical (unpaired) electrons. The quantitative estimate of drug-likeness (QED) is 0.722. The minimum atomic E-state index is -2.93. The Labute approximate surface area is 107 Å². The molecule has 2 saturated carbocycles.